The summed E-state index contributed by atoms with van der Waals surface area (Å²) in [6.07, 6.45) is 0. The summed E-state index contributed by atoms with van der Waals surface area (Å²) in [6, 6.07) is 2.00. The van der Waals surface area contributed by atoms with Crippen molar-refractivity contribution in [3.63, 3.8) is 0 Å². The summed E-state index contributed by atoms with van der Waals surface area (Å²) in [4.78, 5) is 0. The Morgan fingerprint density at radius 2 is 0.680 bits per heavy atom. The summed E-state index contributed by atoms with van der Waals surface area (Å²) >= 11 is 74.8. The van der Waals surface area contributed by atoms with Crippen molar-refractivity contribution in [2.24, 2.45) is 0 Å². The van der Waals surface area contributed by atoms with Gasteiger partial charge in [-0.15, -0.1) is 133 Å². The third kappa shape index (κ3) is 17.1. The molecular formula is C7H14Cl12Si6. The Morgan fingerprint density at radius 1 is 0.440 bits per heavy atom. The zero-order chi connectivity index (χ0) is 20.1. The molecule has 0 fully saturated rings. The number of rotatable bonds is 12. The molecule has 0 atom stereocenters. The second-order valence-corrected chi connectivity index (χ2v) is 46.4. The first-order valence-electron chi connectivity index (χ1n) is 6.80. The minimum Gasteiger partial charge on any atom is -0.147 e. The molecule has 18 heteroatoms. The molecule has 0 aromatic rings. The molecule has 0 bridgehead atoms. The molecule has 150 valence electrons. The van der Waals surface area contributed by atoms with Gasteiger partial charge in [-0.1, -0.05) is 0 Å². The minimum absolute atomic E-state index is 0.377. The van der Waals surface area contributed by atoms with Crippen LogP contribution in [0.25, 0.3) is 0 Å². The number of hydrogen-bond donors (Lipinski definition) is 0. The van der Waals surface area contributed by atoms with Crippen LogP contribution in [0.1, 0.15) is 0 Å². The standard InChI is InChI=1S/C7H14Cl12Si6/c8-20(9)5-22(12,13)1-3-24(16,17)7-25(18,19)4-2-23(14,15)6-21(10)11/h1-7H2. The highest BCUT2D eigenvalue weighted by Gasteiger charge is 2.45. The monoisotopic (exact) mass is 686 g/mol. The topological polar surface area (TPSA) is 0 Å². The zero-order valence-corrected chi connectivity index (χ0v) is 27.6. The highest BCUT2D eigenvalue weighted by Crippen LogP contribution is 2.43. The van der Waals surface area contributed by atoms with Gasteiger partial charge >= 0.3 is 0 Å². The quantitative estimate of drug-likeness (QED) is 0.141. The van der Waals surface area contributed by atoms with Gasteiger partial charge in [-0.3, -0.25) is 0 Å². The third-order valence-corrected chi connectivity index (χ3v) is 37.3. The van der Waals surface area contributed by atoms with Crippen LogP contribution in [0.5, 0.6) is 0 Å². The molecule has 0 spiro atoms. The summed E-state index contributed by atoms with van der Waals surface area (Å²) in [5, 5.41) is 0. The first-order valence-corrected chi connectivity index (χ1v) is 32.0. The van der Waals surface area contributed by atoms with Gasteiger partial charge in [0.1, 0.15) is 0 Å². The highest BCUT2D eigenvalue weighted by atomic mass is 35.7. The van der Waals surface area contributed by atoms with Crippen molar-refractivity contribution >= 4 is 175 Å². The molecule has 2 radical (unpaired) electrons. The van der Waals surface area contributed by atoms with Gasteiger partial charge in [-0.2, -0.15) is 0 Å². The third-order valence-electron chi connectivity index (χ3n) is 3.01. The SMILES string of the molecule is Cl[Si](Cl)C[Si](Cl)(Cl)CC[Si](Cl)(Cl)C[Si](Cl)(Cl)CC[Si](Cl)(Cl)C[Si](Cl)Cl. The first kappa shape index (κ1) is 29.8. The summed E-state index contributed by atoms with van der Waals surface area (Å²) in [7, 11) is -3.09. The summed E-state index contributed by atoms with van der Waals surface area (Å²) in [6.45, 7) is -10.5. The molecule has 0 aromatic carbocycles. The first-order chi connectivity index (χ1) is 11.0. The molecule has 0 aliphatic heterocycles. The molecular weight excluding hydrogens is 678 g/mol. The maximum absolute atomic E-state index is 6.52. The van der Waals surface area contributed by atoms with Gasteiger partial charge in [-0.05, 0) is 41.2 Å². The Bertz CT molecular complexity index is 367. The molecule has 0 aliphatic rings. The predicted octanol–water partition coefficient (Wildman–Crippen LogP) is 9.21. The molecule has 0 heterocycles. The van der Waals surface area contributed by atoms with E-state index >= 15 is 0 Å². The second kappa shape index (κ2) is 12.7. The lowest BCUT2D eigenvalue weighted by Crippen LogP contribution is -2.36. The van der Waals surface area contributed by atoms with E-state index < -0.39 is 41.6 Å². The second-order valence-electron chi connectivity index (χ2n) is 5.63. The summed E-state index contributed by atoms with van der Waals surface area (Å²) < 4.78 is 0. The van der Waals surface area contributed by atoms with Crippen LogP contribution in [0.2, 0.25) is 41.2 Å². The lowest BCUT2D eigenvalue weighted by atomic mass is 10.9. The van der Waals surface area contributed by atoms with E-state index in [4.69, 9.17) is 133 Å². The Morgan fingerprint density at radius 3 is 0.920 bits per heavy atom. The lowest BCUT2D eigenvalue weighted by molar-refractivity contribution is 1.33. The fourth-order valence-electron chi connectivity index (χ4n) is 1.85. The van der Waals surface area contributed by atoms with Crippen molar-refractivity contribution in [1.82, 2.24) is 0 Å². The number of halogens is 12. The van der Waals surface area contributed by atoms with Crippen LogP contribution in [0.3, 0.4) is 0 Å². The summed E-state index contributed by atoms with van der Waals surface area (Å²) in [5.41, 5.74) is 1.27. The molecule has 25 heavy (non-hydrogen) atoms. The van der Waals surface area contributed by atoms with Gasteiger partial charge in [0.2, 0.25) is 0 Å². The fraction of sp³-hybridized carbons (Fsp3) is 1.00. The van der Waals surface area contributed by atoms with E-state index in [2.05, 4.69) is 0 Å². The normalized spacial score (nSPS) is 14.6. The molecule has 0 aliphatic carbocycles. The molecule has 0 saturated carbocycles. The predicted molar refractivity (Wildman–Crippen MR) is 138 cm³/mol. The van der Waals surface area contributed by atoms with Crippen LogP contribution in [0.15, 0.2) is 0 Å². The van der Waals surface area contributed by atoms with E-state index in [1.165, 1.54) is 0 Å². The highest BCUT2D eigenvalue weighted by molar-refractivity contribution is 7.58. The van der Waals surface area contributed by atoms with Crippen molar-refractivity contribution in [3.05, 3.63) is 0 Å². The van der Waals surface area contributed by atoms with Crippen LogP contribution < -0.4 is 0 Å². The molecule has 0 unspecified atom stereocenters. The summed E-state index contributed by atoms with van der Waals surface area (Å²) in [5.74, 6) is 0. The van der Waals surface area contributed by atoms with Crippen LogP contribution >= 0.6 is 133 Å². The van der Waals surface area contributed by atoms with Crippen LogP contribution in [0.4, 0.5) is 0 Å². The molecule has 0 nitrogen and oxygen atoms in total. The molecule has 0 amide bonds. The van der Waals surface area contributed by atoms with E-state index in [0.717, 1.165) is 0 Å². The smallest absolute Gasteiger partial charge is 0.147 e. The van der Waals surface area contributed by atoms with Gasteiger partial charge in [-0.25, -0.2) is 0 Å². The zero-order valence-electron chi connectivity index (χ0n) is 12.5. The molecule has 0 saturated heterocycles. The van der Waals surface area contributed by atoms with Crippen molar-refractivity contribution in [2.75, 3.05) is 0 Å². The van der Waals surface area contributed by atoms with Crippen LogP contribution in [-0.4, -0.2) is 41.6 Å². The van der Waals surface area contributed by atoms with E-state index in [9.17, 15) is 0 Å². The van der Waals surface area contributed by atoms with E-state index in [1.54, 1.807) is 0 Å². The maximum Gasteiger partial charge on any atom is 0.273 e. The number of hydrogen-bond acceptors (Lipinski definition) is 0. The van der Waals surface area contributed by atoms with Crippen LogP contribution in [0, 0.1) is 0 Å². The average Bonchev–Trinajstić information content (AvgIpc) is 2.30. The van der Waals surface area contributed by atoms with E-state index in [0.29, 0.717) is 41.2 Å². The van der Waals surface area contributed by atoms with Crippen molar-refractivity contribution in [3.8, 4) is 0 Å². The van der Waals surface area contributed by atoms with Crippen molar-refractivity contribution in [2.45, 2.75) is 41.2 Å². The fourth-order valence-corrected chi connectivity index (χ4v) is 52.1. The molecule has 0 rings (SSSR count). The Balaban J connectivity index is 4.59. The molecule has 0 aromatic heterocycles. The van der Waals surface area contributed by atoms with Gasteiger partial charge < -0.3 is 0 Å². The van der Waals surface area contributed by atoms with Gasteiger partial charge in [0.15, 0.2) is 0 Å². The van der Waals surface area contributed by atoms with Crippen molar-refractivity contribution < 1.29 is 0 Å². The Kier molecular flexibility index (Phi) is 15.2. The van der Waals surface area contributed by atoms with E-state index in [-0.39, 0.29) is 0 Å². The van der Waals surface area contributed by atoms with E-state index in [1.807, 2.05) is 0 Å². The van der Waals surface area contributed by atoms with Gasteiger partial charge in [0.05, 0.1) is 0 Å². The van der Waals surface area contributed by atoms with Crippen molar-refractivity contribution in [1.29, 1.82) is 0 Å². The Labute approximate surface area is 213 Å². The van der Waals surface area contributed by atoms with Crippen LogP contribution in [-0.2, 0) is 0 Å². The molecule has 0 N–H and O–H groups in total. The maximum atomic E-state index is 6.52. The largest absolute Gasteiger partial charge is 0.273 e. The van der Waals surface area contributed by atoms with Gasteiger partial charge in [0.25, 0.3) is 41.6 Å². The average molecular weight is 692 g/mol. The minimum atomic E-state index is -2.71. The van der Waals surface area contributed by atoms with Gasteiger partial charge in [0, 0.05) is 0 Å². The lowest BCUT2D eigenvalue weighted by Gasteiger charge is -2.27. The Hall–Kier alpha value is 4.78.